The Kier molecular flexibility index (Phi) is 3.09. The Hall–Kier alpha value is -2.07. The number of halogens is 1. The lowest BCUT2D eigenvalue weighted by Crippen LogP contribution is -1.93. The molecule has 0 saturated heterocycles. The third kappa shape index (κ3) is 2.39. The van der Waals surface area contributed by atoms with Crippen molar-refractivity contribution in [1.82, 2.24) is 0 Å². The van der Waals surface area contributed by atoms with E-state index in [1.807, 2.05) is 25.2 Å². The van der Waals surface area contributed by atoms with Crippen LogP contribution in [0.15, 0.2) is 36.4 Å². The number of hydrogen-bond acceptors (Lipinski definition) is 4. The quantitative estimate of drug-likeness (QED) is 0.923. The number of hydrogen-bond donors (Lipinski definition) is 1. The van der Waals surface area contributed by atoms with Crippen LogP contribution in [-0.2, 0) is 0 Å². The van der Waals surface area contributed by atoms with Crippen molar-refractivity contribution < 1.29 is 14.2 Å². The molecule has 0 aromatic heterocycles. The highest BCUT2D eigenvalue weighted by molar-refractivity contribution is 6.30. The summed E-state index contributed by atoms with van der Waals surface area (Å²) in [5, 5.41) is 3.68. The summed E-state index contributed by atoms with van der Waals surface area (Å²) < 4.78 is 16.4. The molecule has 0 unspecified atom stereocenters. The van der Waals surface area contributed by atoms with Gasteiger partial charge >= 0.3 is 0 Å². The zero-order valence-corrected chi connectivity index (χ0v) is 11.0. The molecule has 0 radical (unpaired) electrons. The molecule has 0 saturated carbocycles. The van der Waals surface area contributed by atoms with Gasteiger partial charge in [-0.2, -0.15) is 0 Å². The highest BCUT2D eigenvalue weighted by Gasteiger charge is 2.14. The summed E-state index contributed by atoms with van der Waals surface area (Å²) in [5.74, 6) is 2.75. The molecule has 2 aromatic rings. The van der Waals surface area contributed by atoms with Crippen LogP contribution in [0.3, 0.4) is 0 Å². The zero-order chi connectivity index (χ0) is 13.2. The molecule has 4 nitrogen and oxygen atoms in total. The van der Waals surface area contributed by atoms with Crippen LogP contribution in [0.2, 0.25) is 5.02 Å². The minimum absolute atomic E-state index is 0.248. The van der Waals surface area contributed by atoms with Crippen molar-refractivity contribution in [2.75, 3.05) is 19.2 Å². The summed E-state index contributed by atoms with van der Waals surface area (Å²) >= 11 is 5.98. The standard InChI is InChI=1S/C14H12ClNO3/c1-16-11-4-2-9(15)6-13(11)19-10-3-5-12-14(7-10)18-8-17-12/h2-7,16H,8H2,1H3. The Morgan fingerprint density at radius 2 is 1.95 bits per heavy atom. The lowest BCUT2D eigenvalue weighted by Gasteiger charge is -2.11. The van der Waals surface area contributed by atoms with E-state index in [2.05, 4.69) is 5.32 Å². The van der Waals surface area contributed by atoms with Crippen molar-refractivity contribution >= 4 is 17.3 Å². The van der Waals surface area contributed by atoms with Crippen LogP contribution in [0.5, 0.6) is 23.0 Å². The van der Waals surface area contributed by atoms with Crippen molar-refractivity contribution in [3.05, 3.63) is 41.4 Å². The molecule has 1 heterocycles. The molecule has 0 amide bonds. The zero-order valence-electron chi connectivity index (χ0n) is 10.3. The van der Waals surface area contributed by atoms with Gasteiger partial charge in [0.25, 0.3) is 0 Å². The molecule has 0 atom stereocenters. The molecule has 3 rings (SSSR count). The van der Waals surface area contributed by atoms with E-state index in [0.717, 1.165) is 11.4 Å². The molecular formula is C14H12ClNO3. The van der Waals surface area contributed by atoms with Crippen LogP contribution in [0.4, 0.5) is 5.69 Å². The van der Waals surface area contributed by atoms with Gasteiger partial charge in [0, 0.05) is 24.2 Å². The molecule has 0 aliphatic carbocycles. The fourth-order valence-electron chi connectivity index (χ4n) is 1.85. The molecule has 0 spiro atoms. The number of benzene rings is 2. The highest BCUT2D eigenvalue weighted by Crippen LogP contribution is 2.38. The molecule has 1 aliphatic heterocycles. The van der Waals surface area contributed by atoms with E-state index in [1.54, 1.807) is 18.2 Å². The van der Waals surface area contributed by atoms with Gasteiger partial charge in [-0.3, -0.25) is 0 Å². The molecule has 19 heavy (non-hydrogen) atoms. The predicted octanol–water partition coefficient (Wildman–Crippen LogP) is 3.90. The maximum Gasteiger partial charge on any atom is 0.231 e. The lowest BCUT2D eigenvalue weighted by molar-refractivity contribution is 0.174. The van der Waals surface area contributed by atoms with Gasteiger partial charge in [-0.25, -0.2) is 0 Å². The van der Waals surface area contributed by atoms with Crippen LogP contribution >= 0.6 is 11.6 Å². The highest BCUT2D eigenvalue weighted by atomic mass is 35.5. The summed E-state index contributed by atoms with van der Waals surface area (Å²) in [4.78, 5) is 0. The molecule has 0 fully saturated rings. The molecule has 1 aliphatic rings. The summed E-state index contributed by atoms with van der Waals surface area (Å²) in [6.45, 7) is 0.248. The fourth-order valence-corrected chi connectivity index (χ4v) is 2.02. The average molecular weight is 278 g/mol. The maximum atomic E-state index is 5.98. The summed E-state index contributed by atoms with van der Waals surface area (Å²) in [7, 11) is 1.83. The van der Waals surface area contributed by atoms with E-state index in [-0.39, 0.29) is 6.79 Å². The normalized spacial score (nSPS) is 12.3. The SMILES string of the molecule is CNc1ccc(Cl)cc1Oc1ccc2c(c1)OCO2. The van der Waals surface area contributed by atoms with Crippen LogP contribution in [-0.4, -0.2) is 13.8 Å². The summed E-state index contributed by atoms with van der Waals surface area (Å²) in [6.07, 6.45) is 0. The van der Waals surface area contributed by atoms with Gasteiger partial charge < -0.3 is 19.5 Å². The number of fused-ring (bicyclic) bond motifs is 1. The van der Waals surface area contributed by atoms with E-state index in [0.29, 0.717) is 22.3 Å². The maximum absolute atomic E-state index is 5.98. The van der Waals surface area contributed by atoms with Gasteiger partial charge in [-0.05, 0) is 24.3 Å². The number of anilines is 1. The van der Waals surface area contributed by atoms with Crippen LogP contribution < -0.4 is 19.5 Å². The first-order chi connectivity index (χ1) is 9.26. The van der Waals surface area contributed by atoms with Gasteiger partial charge in [0.05, 0.1) is 5.69 Å². The first kappa shape index (κ1) is 12.0. The van der Waals surface area contributed by atoms with Crippen molar-refractivity contribution in [2.45, 2.75) is 0 Å². The van der Waals surface area contributed by atoms with Crippen LogP contribution in [0.25, 0.3) is 0 Å². The lowest BCUT2D eigenvalue weighted by atomic mass is 10.2. The van der Waals surface area contributed by atoms with Gasteiger partial charge in [0.1, 0.15) is 5.75 Å². The molecule has 0 bridgehead atoms. The molecule has 98 valence electrons. The van der Waals surface area contributed by atoms with Crippen LogP contribution in [0, 0.1) is 0 Å². The molecule has 5 heteroatoms. The van der Waals surface area contributed by atoms with Gasteiger partial charge in [-0.1, -0.05) is 11.6 Å². The van der Waals surface area contributed by atoms with E-state index >= 15 is 0 Å². The Balaban J connectivity index is 1.90. The van der Waals surface area contributed by atoms with E-state index in [4.69, 9.17) is 25.8 Å². The summed E-state index contributed by atoms with van der Waals surface area (Å²) in [5.41, 5.74) is 0.863. The van der Waals surface area contributed by atoms with E-state index in [1.165, 1.54) is 0 Å². The topological polar surface area (TPSA) is 39.7 Å². The largest absolute Gasteiger partial charge is 0.455 e. The van der Waals surface area contributed by atoms with Gasteiger partial charge in [0.2, 0.25) is 6.79 Å². The second kappa shape index (κ2) is 4.90. The third-order valence-electron chi connectivity index (χ3n) is 2.78. The minimum atomic E-state index is 0.248. The monoisotopic (exact) mass is 277 g/mol. The Morgan fingerprint density at radius 1 is 1.11 bits per heavy atom. The molecule has 2 aromatic carbocycles. The van der Waals surface area contributed by atoms with Crippen molar-refractivity contribution in [3.63, 3.8) is 0 Å². The fraction of sp³-hybridized carbons (Fsp3) is 0.143. The summed E-state index contributed by atoms with van der Waals surface area (Å²) in [6, 6.07) is 10.9. The van der Waals surface area contributed by atoms with Gasteiger partial charge in [-0.15, -0.1) is 0 Å². The first-order valence-corrected chi connectivity index (χ1v) is 6.19. The van der Waals surface area contributed by atoms with Crippen molar-refractivity contribution in [3.8, 4) is 23.0 Å². The molecule has 1 N–H and O–H groups in total. The second-order valence-electron chi connectivity index (χ2n) is 4.01. The first-order valence-electron chi connectivity index (χ1n) is 5.81. The Labute approximate surface area is 115 Å². The third-order valence-corrected chi connectivity index (χ3v) is 3.02. The van der Waals surface area contributed by atoms with Crippen molar-refractivity contribution in [2.24, 2.45) is 0 Å². The van der Waals surface area contributed by atoms with Crippen molar-refractivity contribution in [1.29, 1.82) is 0 Å². The van der Waals surface area contributed by atoms with Crippen LogP contribution in [0.1, 0.15) is 0 Å². The predicted molar refractivity (Wildman–Crippen MR) is 73.6 cm³/mol. The number of ether oxygens (including phenoxy) is 3. The Morgan fingerprint density at radius 3 is 2.79 bits per heavy atom. The van der Waals surface area contributed by atoms with Gasteiger partial charge in [0.15, 0.2) is 17.2 Å². The number of nitrogens with one attached hydrogen (secondary N) is 1. The minimum Gasteiger partial charge on any atom is -0.455 e. The molecular weight excluding hydrogens is 266 g/mol. The van der Waals surface area contributed by atoms with E-state index < -0.39 is 0 Å². The number of rotatable bonds is 3. The smallest absolute Gasteiger partial charge is 0.231 e. The van der Waals surface area contributed by atoms with E-state index in [9.17, 15) is 0 Å². The Bertz CT molecular complexity index is 616. The average Bonchev–Trinajstić information content (AvgIpc) is 2.86. The second-order valence-corrected chi connectivity index (χ2v) is 4.44.